The number of benzene rings is 2. The van der Waals surface area contributed by atoms with E-state index >= 15 is 0 Å². The average Bonchev–Trinajstić information content (AvgIpc) is 2.38. The molecule has 0 radical (unpaired) electrons. The van der Waals surface area contributed by atoms with Gasteiger partial charge in [0.15, 0.2) is 0 Å². The molecule has 17 heavy (non-hydrogen) atoms. The number of carbonyl (C=O) groups excluding carboxylic acids is 1. The van der Waals surface area contributed by atoms with Crippen molar-refractivity contribution < 1.29 is 4.79 Å². The summed E-state index contributed by atoms with van der Waals surface area (Å²) in [7, 11) is 0. The zero-order valence-electron chi connectivity index (χ0n) is 10.0. The van der Waals surface area contributed by atoms with E-state index in [2.05, 4.69) is 5.32 Å². The molecule has 0 spiro atoms. The van der Waals surface area contributed by atoms with Crippen LogP contribution in [-0.4, -0.2) is 5.91 Å². The van der Waals surface area contributed by atoms with Gasteiger partial charge in [0.1, 0.15) is 0 Å². The minimum atomic E-state index is -0.0520. The third-order valence-electron chi connectivity index (χ3n) is 2.83. The third kappa shape index (κ3) is 2.36. The highest BCUT2D eigenvalue weighted by atomic mass is 16.1. The first-order chi connectivity index (χ1) is 8.22. The molecule has 0 saturated heterocycles. The number of hydrogen-bond acceptors (Lipinski definition) is 1. The van der Waals surface area contributed by atoms with E-state index in [-0.39, 0.29) is 5.91 Å². The molecule has 2 rings (SSSR count). The molecule has 0 aliphatic rings. The fraction of sp³-hybridized carbons (Fsp3) is 0.133. The second kappa shape index (κ2) is 4.83. The Balaban J connectivity index is 2.40. The standard InChI is InChI=1S/C15H15NO/c1-3-11(2)15(17)16-14-10-6-8-12-7-4-5-9-13(12)14/h3-10H,1-2H3,(H,16,17)/b11-3+. The maximum absolute atomic E-state index is 11.8. The van der Waals surface area contributed by atoms with Gasteiger partial charge in [-0.1, -0.05) is 42.5 Å². The molecule has 2 aromatic carbocycles. The molecule has 0 aliphatic carbocycles. The number of rotatable bonds is 2. The minimum absolute atomic E-state index is 0.0520. The lowest BCUT2D eigenvalue weighted by atomic mass is 10.1. The van der Waals surface area contributed by atoms with E-state index in [1.165, 1.54) is 0 Å². The number of allylic oxidation sites excluding steroid dienone is 1. The maximum atomic E-state index is 11.8. The summed E-state index contributed by atoms with van der Waals surface area (Å²) in [6.07, 6.45) is 1.81. The van der Waals surface area contributed by atoms with E-state index in [1.807, 2.05) is 49.4 Å². The molecule has 0 bridgehead atoms. The highest BCUT2D eigenvalue weighted by Crippen LogP contribution is 2.23. The molecule has 0 heterocycles. The Hall–Kier alpha value is -2.09. The summed E-state index contributed by atoms with van der Waals surface area (Å²) < 4.78 is 0. The van der Waals surface area contributed by atoms with Crippen molar-refractivity contribution in [2.45, 2.75) is 13.8 Å². The maximum Gasteiger partial charge on any atom is 0.250 e. The van der Waals surface area contributed by atoms with Gasteiger partial charge in [0.2, 0.25) is 0 Å². The highest BCUT2D eigenvalue weighted by Gasteiger charge is 2.06. The average molecular weight is 225 g/mol. The van der Waals surface area contributed by atoms with Crippen molar-refractivity contribution in [2.75, 3.05) is 5.32 Å². The van der Waals surface area contributed by atoms with Gasteiger partial charge < -0.3 is 5.32 Å². The van der Waals surface area contributed by atoms with Crippen LogP contribution in [0.2, 0.25) is 0 Å². The van der Waals surface area contributed by atoms with Crippen molar-refractivity contribution in [1.29, 1.82) is 0 Å². The first-order valence-corrected chi connectivity index (χ1v) is 5.64. The summed E-state index contributed by atoms with van der Waals surface area (Å²) in [6.45, 7) is 3.67. The molecule has 0 aliphatic heterocycles. The molecule has 0 unspecified atom stereocenters. The first kappa shape index (κ1) is 11.4. The van der Waals surface area contributed by atoms with Crippen LogP contribution in [0.4, 0.5) is 5.69 Å². The molecule has 0 fully saturated rings. The van der Waals surface area contributed by atoms with E-state index in [0.29, 0.717) is 0 Å². The Bertz CT molecular complexity index is 579. The van der Waals surface area contributed by atoms with Crippen LogP contribution in [0.25, 0.3) is 10.8 Å². The number of nitrogens with one attached hydrogen (secondary N) is 1. The van der Waals surface area contributed by atoms with Gasteiger partial charge in [0.25, 0.3) is 5.91 Å². The summed E-state index contributed by atoms with van der Waals surface area (Å²) in [5.74, 6) is -0.0520. The van der Waals surface area contributed by atoms with Gasteiger partial charge in [0, 0.05) is 16.6 Å². The van der Waals surface area contributed by atoms with E-state index in [4.69, 9.17) is 0 Å². The van der Waals surface area contributed by atoms with Crippen LogP contribution < -0.4 is 5.32 Å². The van der Waals surface area contributed by atoms with E-state index in [1.54, 1.807) is 13.0 Å². The molecular weight excluding hydrogens is 210 g/mol. The number of anilines is 1. The summed E-state index contributed by atoms with van der Waals surface area (Å²) in [5.41, 5.74) is 1.58. The van der Waals surface area contributed by atoms with Gasteiger partial charge in [-0.15, -0.1) is 0 Å². The van der Waals surface area contributed by atoms with Gasteiger partial charge in [-0.05, 0) is 25.3 Å². The van der Waals surface area contributed by atoms with Crippen LogP contribution in [0.5, 0.6) is 0 Å². The molecular formula is C15H15NO. The summed E-state index contributed by atoms with van der Waals surface area (Å²) in [4.78, 5) is 11.8. The summed E-state index contributed by atoms with van der Waals surface area (Å²) in [6, 6.07) is 13.9. The van der Waals surface area contributed by atoms with Crippen LogP contribution in [-0.2, 0) is 4.79 Å². The molecule has 0 aromatic heterocycles. The Kier molecular flexibility index (Phi) is 3.24. The monoisotopic (exact) mass is 225 g/mol. The second-order valence-electron chi connectivity index (χ2n) is 3.95. The normalized spacial score (nSPS) is 11.5. The van der Waals surface area contributed by atoms with Gasteiger partial charge in [-0.25, -0.2) is 0 Å². The SMILES string of the molecule is C/C=C(\C)C(=O)Nc1cccc2ccccc12. The van der Waals surface area contributed by atoms with E-state index < -0.39 is 0 Å². The zero-order chi connectivity index (χ0) is 12.3. The molecule has 1 N–H and O–H groups in total. The fourth-order valence-electron chi connectivity index (χ4n) is 1.69. The highest BCUT2D eigenvalue weighted by molar-refractivity contribution is 6.08. The Morgan fingerprint density at radius 3 is 2.59 bits per heavy atom. The van der Waals surface area contributed by atoms with Crippen molar-refractivity contribution in [1.82, 2.24) is 0 Å². The third-order valence-corrected chi connectivity index (χ3v) is 2.83. The van der Waals surface area contributed by atoms with Crippen LogP contribution in [0.1, 0.15) is 13.8 Å². The molecule has 1 amide bonds. The molecule has 2 aromatic rings. The Labute approximate surface area is 101 Å². The number of amides is 1. The van der Waals surface area contributed by atoms with Crippen LogP contribution in [0, 0.1) is 0 Å². The van der Waals surface area contributed by atoms with Crippen LogP contribution in [0.15, 0.2) is 54.1 Å². The first-order valence-electron chi connectivity index (χ1n) is 5.64. The number of carbonyl (C=O) groups is 1. The molecule has 2 heteroatoms. The zero-order valence-corrected chi connectivity index (χ0v) is 10.0. The molecule has 86 valence electrons. The molecule has 0 atom stereocenters. The molecule has 0 saturated carbocycles. The van der Waals surface area contributed by atoms with Gasteiger partial charge in [0.05, 0.1) is 0 Å². The van der Waals surface area contributed by atoms with Crippen molar-refractivity contribution in [3.8, 4) is 0 Å². The molecule has 2 nitrogen and oxygen atoms in total. The topological polar surface area (TPSA) is 29.1 Å². The minimum Gasteiger partial charge on any atom is -0.322 e. The second-order valence-corrected chi connectivity index (χ2v) is 3.95. The Morgan fingerprint density at radius 2 is 1.82 bits per heavy atom. The lowest BCUT2D eigenvalue weighted by molar-refractivity contribution is -0.112. The summed E-state index contributed by atoms with van der Waals surface area (Å²) >= 11 is 0. The van der Waals surface area contributed by atoms with Crippen molar-refractivity contribution in [3.05, 3.63) is 54.1 Å². The van der Waals surface area contributed by atoms with Gasteiger partial charge in [-0.2, -0.15) is 0 Å². The van der Waals surface area contributed by atoms with E-state index in [9.17, 15) is 4.79 Å². The lowest BCUT2D eigenvalue weighted by Gasteiger charge is -2.08. The smallest absolute Gasteiger partial charge is 0.250 e. The van der Waals surface area contributed by atoms with Crippen LogP contribution in [0.3, 0.4) is 0 Å². The van der Waals surface area contributed by atoms with E-state index in [0.717, 1.165) is 22.0 Å². The van der Waals surface area contributed by atoms with Gasteiger partial charge >= 0.3 is 0 Å². The predicted molar refractivity (Wildman–Crippen MR) is 72.0 cm³/mol. The van der Waals surface area contributed by atoms with Crippen LogP contribution >= 0.6 is 0 Å². The predicted octanol–water partition coefficient (Wildman–Crippen LogP) is 3.74. The fourth-order valence-corrected chi connectivity index (χ4v) is 1.69. The van der Waals surface area contributed by atoms with Crippen molar-refractivity contribution in [2.24, 2.45) is 0 Å². The quantitative estimate of drug-likeness (QED) is 0.775. The van der Waals surface area contributed by atoms with Crippen molar-refractivity contribution >= 4 is 22.4 Å². The summed E-state index contributed by atoms with van der Waals surface area (Å²) in [5, 5.41) is 5.12. The number of fused-ring (bicyclic) bond motifs is 1. The number of hydrogen-bond donors (Lipinski definition) is 1. The van der Waals surface area contributed by atoms with Crippen molar-refractivity contribution in [3.63, 3.8) is 0 Å². The largest absolute Gasteiger partial charge is 0.322 e. The lowest BCUT2D eigenvalue weighted by Crippen LogP contribution is -2.12. The van der Waals surface area contributed by atoms with Gasteiger partial charge in [-0.3, -0.25) is 4.79 Å². The Morgan fingerprint density at radius 1 is 1.12 bits per heavy atom.